The average molecular weight is 437 g/mol. The van der Waals surface area contributed by atoms with Crippen LogP contribution in [0.2, 0.25) is 0 Å². The molecule has 0 saturated carbocycles. The summed E-state index contributed by atoms with van der Waals surface area (Å²) < 4.78 is 8.71. The molecule has 4 rings (SSSR count). The van der Waals surface area contributed by atoms with Crippen molar-refractivity contribution >= 4 is 35.1 Å². The van der Waals surface area contributed by atoms with E-state index in [2.05, 4.69) is 42.4 Å². The summed E-state index contributed by atoms with van der Waals surface area (Å²) in [6, 6.07) is 17.8. The van der Waals surface area contributed by atoms with Crippen molar-refractivity contribution in [3.63, 3.8) is 0 Å². The fourth-order valence-corrected chi connectivity index (χ4v) is 4.05. The van der Waals surface area contributed by atoms with Gasteiger partial charge in [0.1, 0.15) is 11.6 Å². The van der Waals surface area contributed by atoms with Crippen molar-refractivity contribution in [2.75, 3.05) is 43.9 Å². The standard InChI is InChI=1S/C23H28N6OS/c1-30-20-6-4-5-19(17-20)26-22-11-12-24-23(28-22)27-18-7-9-21(10-8-18)31-25-13-16-29-14-2-3-15-29/h4-12,17,25H,2-3,13-16H2,1H3,(H2,24,26,27,28). The third-order valence-electron chi connectivity index (χ3n) is 5.03. The fraction of sp³-hybridized carbons (Fsp3) is 0.304. The third kappa shape index (κ3) is 6.58. The lowest BCUT2D eigenvalue weighted by molar-refractivity contribution is 0.345. The van der Waals surface area contributed by atoms with E-state index in [1.807, 2.05) is 42.5 Å². The van der Waals surface area contributed by atoms with Crippen LogP contribution in [0.1, 0.15) is 12.8 Å². The lowest BCUT2D eigenvalue weighted by Crippen LogP contribution is -2.27. The monoisotopic (exact) mass is 436 g/mol. The number of nitrogens with zero attached hydrogens (tertiary/aromatic N) is 3. The van der Waals surface area contributed by atoms with Gasteiger partial charge in [0.15, 0.2) is 0 Å². The highest BCUT2D eigenvalue weighted by Crippen LogP contribution is 2.22. The van der Waals surface area contributed by atoms with Crippen molar-refractivity contribution in [1.82, 2.24) is 19.6 Å². The van der Waals surface area contributed by atoms with Crippen molar-refractivity contribution in [2.45, 2.75) is 17.7 Å². The summed E-state index contributed by atoms with van der Waals surface area (Å²) in [6.07, 6.45) is 4.41. The minimum Gasteiger partial charge on any atom is -0.497 e. The number of hydrogen-bond acceptors (Lipinski definition) is 8. The second kappa shape index (κ2) is 11.0. The number of aromatic nitrogens is 2. The quantitative estimate of drug-likeness (QED) is 0.313. The van der Waals surface area contributed by atoms with Gasteiger partial charge in [0.05, 0.1) is 7.11 Å². The molecule has 1 fully saturated rings. The predicted molar refractivity (Wildman–Crippen MR) is 128 cm³/mol. The summed E-state index contributed by atoms with van der Waals surface area (Å²) in [5.74, 6) is 2.04. The Morgan fingerprint density at radius 2 is 1.84 bits per heavy atom. The number of hydrogen-bond donors (Lipinski definition) is 3. The molecule has 3 aromatic rings. The Morgan fingerprint density at radius 3 is 2.65 bits per heavy atom. The zero-order valence-electron chi connectivity index (χ0n) is 17.7. The molecule has 0 bridgehead atoms. The summed E-state index contributed by atoms with van der Waals surface area (Å²) in [5.41, 5.74) is 1.85. The molecule has 1 aromatic heterocycles. The number of nitrogens with one attached hydrogen (secondary N) is 3. The first-order valence-corrected chi connectivity index (χ1v) is 11.3. The van der Waals surface area contributed by atoms with Crippen LogP contribution in [0.15, 0.2) is 65.7 Å². The Hall–Kier alpha value is -2.81. The Kier molecular flexibility index (Phi) is 7.60. The molecule has 3 N–H and O–H groups in total. The van der Waals surface area contributed by atoms with Crippen molar-refractivity contribution in [3.8, 4) is 5.75 Å². The van der Waals surface area contributed by atoms with Gasteiger partial charge in [-0.05, 0) is 80.3 Å². The highest BCUT2D eigenvalue weighted by molar-refractivity contribution is 7.97. The van der Waals surface area contributed by atoms with Gasteiger partial charge in [-0.2, -0.15) is 4.98 Å². The first kappa shape index (κ1) is 21.4. The van der Waals surface area contributed by atoms with Gasteiger partial charge in [-0.15, -0.1) is 0 Å². The zero-order chi connectivity index (χ0) is 21.3. The van der Waals surface area contributed by atoms with E-state index in [4.69, 9.17) is 4.74 Å². The molecule has 7 nitrogen and oxygen atoms in total. The summed E-state index contributed by atoms with van der Waals surface area (Å²) in [6.45, 7) is 4.59. The van der Waals surface area contributed by atoms with Crippen LogP contribution >= 0.6 is 11.9 Å². The molecule has 0 radical (unpaired) electrons. The van der Waals surface area contributed by atoms with Crippen LogP contribution in [0.25, 0.3) is 0 Å². The van der Waals surface area contributed by atoms with E-state index >= 15 is 0 Å². The van der Waals surface area contributed by atoms with Crippen LogP contribution < -0.4 is 20.1 Å². The smallest absolute Gasteiger partial charge is 0.229 e. The molecular formula is C23H28N6OS. The van der Waals surface area contributed by atoms with Crippen LogP contribution in [0, 0.1) is 0 Å². The van der Waals surface area contributed by atoms with E-state index in [9.17, 15) is 0 Å². The maximum absolute atomic E-state index is 5.27. The molecule has 2 heterocycles. The zero-order valence-corrected chi connectivity index (χ0v) is 18.5. The molecule has 0 spiro atoms. The van der Waals surface area contributed by atoms with E-state index < -0.39 is 0 Å². The number of rotatable bonds is 10. The van der Waals surface area contributed by atoms with E-state index in [1.54, 1.807) is 25.3 Å². The summed E-state index contributed by atoms with van der Waals surface area (Å²) in [5, 5.41) is 6.54. The van der Waals surface area contributed by atoms with Gasteiger partial charge in [0.2, 0.25) is 5.95 Å². The maximum atomic E-state index is 5.27. The Morgan fingerprint density at radius 1 is 1.00 bits per heavy atom. The number of ether oxygens (including phenoxy) is 1. The van der Waals surface area contributed by atoms with Gasteiger partial charge in [0.25, 0.3) is 0 Å². The van der Waals surface area contributed by atoms with Gasteiger partial charge >= 0.3 is 0 Å². The Balaban J connectivity index is 1.28. The average Bonchev–Trinajstić information content (AvgIpc) is 3.32. The lowest BCUT2D eigenvalue weighted by Gasteiger charge is -2.14. The number of anilines is 4. The van der Waals surface area contributed by atoms with E-state index in [0.29, 0.717) is 11.8 Å². The largest absolute Gasteiger partial charge is 0.497 e. The molecule has 31 heavy (non-hydrogen) atoms. The first-order chi connectivity index (χ1) is 15.3. The van der Waals surface area contributed by atoms with Gasteiger partial charge in [-0.25, -0.2) is 4.98 Å². The van der Waals surface area contributed by atoms with E-state index in [1.165, 1.54) is 30.8 Å². The minimum atomic E-state index is 0.539. The second-order valence-corrected chi connectivity index (χ2v) is 8.28. The molecule has 162 valence electrons. The number of methoxy groups -OCH3 is 1. The van der Waals surface area contributed by atoms with Crippen molar-refractivity contribution in [2.24, 2.45) is 0 Å². The molecule has 0 amide bonds. The molecule has 8 heteroatoms. The summed E-state index contributed by atoms with van der Waals surface area (Å²) in [4.78, 5) is 12.6. The lowest BCUT2D eigenvalue weighted by atomic mass is 10.3. The van der Waals surface area contributed by atoms with Crippen molar-refractivity contribution in [3.05, 3.63) is 60.8 Å². The fourth-order valence-electron chi connectivity index (χ4n) is 3.42. The Bertz CT molecular complexity index is 962. The minimum absolute atomic E-state index is 0.539. The Labute approximate surface area is 187 Å². The molecular weight excluding hydrogens is 408 g/mol. The summed E-state index contributed by atoms with van der Waals surface area (Å²) >= 11 is 1.67. The number of benzene rings is 2. The topological polar surface area (TPSA) is 74.3 Å². The van der Waals surface area contributed by atoms with Crippen LogP contribution in [0.5, 0.6) is 5.75 Å². The van der Waals surface area contributed by atoms with Gasteiger partial charge in [-0.1, -0.05) is 6.07 Å². The van der Waals surface area contributed by atoms with E-state index in [0.717, 1.165) is 30.2 Å². The highest BCUT2D eigenvalue weighted by atomic mass is 32.2. The molecule has 0 aliphatic carbocycles. The molecule has 0 atom stereocenters. The SMILES string of the molecule is COc1cccc(Nc2ccnc(Nc3ccc(SNCCN4CCCC4)cc3)n2)c1. The van der Waals surface area contributed by atoms with Crippen LogP contribution in [0.4, 0.5) is 23.1 Å². The van der Waals surface area contributed by atoms with Gasteiger partial charge in [-0.3, -0.25) is 4.72 Å². The molecule has 1 aliphatic heterocycles. The van der Waals surface area contributed by atoms with Crippen LogP contribution in [-0.2, 0) is 0 Å². The van der Waals surface area contributed by atoms with Gasteiger partial charge < -0.3 is 20.3 Å². The van der Waals surface area contributed by atoms with Crippen LogP contribution in [0.3, 0.4) is 0 Å². The first-order valence-electron chi connectivity index (χ1n) is 10.5. The molecule has 0 unspecified atom stereocenters. The number of likely N-dealkylation sites (tertiary alicyclic amines) is 1. The normalized spacial score (nSPS) is 13.8. The second-order valence-electron chi connectivity index (χ2n) is 7.32. The molecule has 2 aromatic carbocycles. The highest BCUT2D eigenvalue weighted by Gasteiger charge is 2.10. The predicted octanol–water partition coefficient (Wildman–Crippen LogP) is 4.66. The molecule has 1 saturated heterocycles. The summed E-state index contributed by atoms with van der Waals surface area (Å²) in [7, 11) is 1.65. The maximum Gasteiger partial charge on any atom is 0.229 e. The third-order valence-corrected chi connectivity index (χ3v) is 5.88. The van der Waals surface area contributed by atoms with Gasteiger partial charge in [0, 0.05) is 41.6 Å². The van der Waals surface area contributed by atoms with Crippen molar-refractivity contribution in [1.29, 1.82) is 0 Å². The molecule has 1 aliphatic rings. The van der Waals surface area contributed by atoms with E-state index in [-0.39, 0.29) is 0 Å². The van der Waals surface area contributed by atoms with Crippen molar-refractivity contribution < 1.29 is 4.74 Å². The van der Waals surface area contributed by atoms with Crippen LogP contribution in [-0.4, -0.2) is 48.2 Å².